The summed E-state index contributed by atoms with van der Waals surface area (Å²) in [6, 6.07) is 4.58. The molecule has 3 nitrogen and oxygen atoms in total. The molecule has 4 heteroatoms. The Morgan fingerprint density at radius 1 is 1.59 bits per heavy atom. The highest BCUT2D eigenvalue weighted by atomic mass is 19.1. The van der Waals surface area contributed by atoms with Crippen LogP contribution in [0.2, 0.25) is 0 Å². The Kier molecular flexibility index (Phi) is 5.12. The summed E-state index contributed by atoms with van der Waals surface area (Å²) in [6.45, 7) is 6.23. The van der Waals surface area contributed by atoms with Crippen LogP contribution >= 0.6 is 0 Å². The first-order valence-corrected chi connectivity index (χ1v) is 5.62. The molecule has 3 N–H and O–H groups in total. The van der Waals surface area contributed by atoms with Crippen molar-refractivity contribution in [1.29, 1.82) is 0 Å². The molecule has 94 valence electrons. The van der Waals surface area contributed by atoms with Crippen LogP contribution in [0.5, 0.6) is 0 Å². The molecule has 0 amide bonds. The number of para-hydroxylation sites is 1. The highest BCUT2D eigenvalue weighted by Crippen LogP contribution is 2.28. The number of hydrogen-bond donors (Lipinski definition) is 2. The van der Waals surface area contributed by atoms with E-state index in [0.29, 0.717) is 18.8 Å². The number of anilines is 1. The first-order valence-electron chi connectivity index (χ1n) is 5.62. The highest BCUT2D eigenvalue weighted by molar-refractivity contribution is 5.56. The summed E-state index contributed by atoms with van der Waals surface area (Å²) in [5.74, 6) is -0.324. The fourth-order valence-electron chi connectivity index (χ4n) is 1.80. The van der Waals surface area contributed by atoms with E-state index in [0.717, 1.165) is 5.56 Å². The number of aliphatic hydroxyl groups excluding tert-OH is 1. The topological polar surface area (TPSA) is 49.5 Å². The summed E-state index contributed by atoms with van der Waals surface area (Å²) in [5, 5.41) is 9.02. The Labute approximate surface area is 101 Å². The van der Waals surface area contributed by atoms with Crippen molar-refractivity contribution in [3.05, 3.63) is 42.2 Å². The summed E-state index contributed by atoms with van der Waals surface area (Å²) in [5.41, 5.74) is 7.02. The molecule has 0 saturated heterocycles. The maximum Gasteiger partial charge on any atom is 0.146 e. The zero-order chi connectivity index (χ0) is 12.8. The zero-order valence-electron chi connectivity index (χ0n) is 10.1. The van der Waals surface area contributed by atoms with E-state index >= 15 is 0 Å². The second kappa shape index (κ2) is 6.37. The molecule has 17 heavy (non-hydrogen) atoms. The SMILES string of the molecule is C=CCN(CCO)c1c(F)cccc1[C@@H](C)N. The summed E-state index contributed by atoms with van der Waals surface area (Å²) in [4.78, 5) is 1.74. The summed E-state index contributed by atoms with van der Waals surface area (Å²) in [6.07, 6.45) is 1.67. The molecule has 0 bridgehead atoms. The molecule has 0 heterocycles. The lowest BCUT2D eigenvalue weighted by atomic mass is 10.1. The van der Waals surface area contributed by atoms with E-state index in [-0.39, 0.29) is 18.5 Å². The average Bonchev–Trinajstić information content (AvgIpc) is 2.28. The average molecular weight is 238 g/mol. The van der Waals surface area contributed by atoms with Crippen LogP contribution < -0.4 is 10.6 Å². The third-order valence-corrected chi connectivity index (χ3v) is 2.54. The van der Waals surface area contributed by atoms with Gasteiger partial charge >= 0.3 is 0 Å². The van der Waals surface area contributed by atoms with Crippen LogP contribution in [0.1, 0.15) is 18.5 Å². The molecule has 1 aromatic carbocycles. The maximum atomic E-state index is 13.9. The van der Waals surface area contributed by atoms with Gasteiger partial charge in [-0.25, -0.2) is 4.39 Å². The predicted molar refractivity (Wildman–Crippen MR) is 68.5 cm³/mol. The molecule has 0 spiro atoms. The van der Waals surface area contributed by atoms with E-state index in [1.54, 1.807) is 23.1 Å². The van der Waals surface area contributed by atoms with Gasteiger partial charge in [0, 0.05) is 19.1 Å². The van der Waals surface area contributed by atoms with Gasteiger partial charge in [-0.3, -0.25) is 0 Å². The first kappa shape index (κ1) is 13.7. The molecule has 0 unspecified atom stereocenters. The zero-order valence-corrected chi connectivity index (χ0v) is 10.1. The van der Waals surface area contributed by atoms with Gasteiger partial charge in [0.2, 0.25) is 0 Å². The molecule has 1 aromatic rings. The quantitative estimate of drug-likeness (QED) is 0.743. The Morgan fingerprint density at radius 2 is 2.29 bits per heavy atom. The van der Waals surface area contributed by atoms with Crippen LogP contribution in [0.15, 0.2) is 30.9 Å². The highest BCUT2D eigenvalue weighted by Gasteiger charge is 2.16. The van der Waals surface area contributed by atoms with Crippen molar-refractivity contribution in [2.24, 2.45) is 5.73 Å². The lowest BCUT2D eigenvalue weighted by Crippen LogP contribution is -2.29. The summed E-state index contributed by atoms with van der Waals surface area (Å²) in [7, 11) is 0. The third-order valence-electron chi connectivity index (χ3n) is 2.54. The number of halogens is 1. The van der Waals surface area contributed by atoms with Crippen molar-refractivity contribution in [2.75, 3.05) is 24.6 Å². The fourth-order valence-corrected chi connectivity index (χ4v) is 1.80. The Morgan fingerprint density at radius 3 is 2.82 bits per heavy atom. The van der Waals surface area contributed by atoms with Gasteiger partial charge in [0.05, 0.1) is 12.3 Å². The monoisotopic (exact) mass is 238 g/mol. The van der Waals surface area contributed by atoms with Crippen LogP contribution in [0, 0.1) is 5.82 Å². The Balaban J connectivity index is 3.19. The normalized spacial score (nSPS) is 12.2. The number of hydrogen-bond acceptors (Lipinski definition) is 3. The predicted octanol–water partition coefficient (Wildman–Crippen LogP) is 1.83. The third kappa shape index (κ3) is 3.28. The molecule has 0 aliphatic rings. The number of aliphatic hydroxyl groups is 1. The van der Waals surface area contributed by atoms with Gasteiger partial charge < -0.3 is 15.7 Å². The minimum atomic E-state index is -0.324. The van der Waals surface area contributed by atoms with Gasteiger partial charge in [-0.2, -0.15) is 0 Å². The molecule has 0 aromatic heterocycles. The summed E-state index contributed by atoms with van der Waals surface area (Å²) < 4.78 is 13.9. The number of benzene rings is 1. The minimum absolute atomic E-state index is 0.0411. The van der Waals surface area contributed by atoms with Crippen molar-refractivity contribution in [3.63, 3.8) is 0 Å². The van der Waals surface area contributed by atoms with Gasteiger partial charge in [-0.15, -0.1) is 6.58 Å². The molecule has 0 saturated carbocycles. The van der Waals surface area contributed by atoms with Crippen LogP contribution in [-0.2, 0) is 0 Å². The Bertz CT molecular complexity index is 380. The number of rotatable bonds is 6. The van der Waals surface area contributed by atoms with E-state index in [4.69, 9.17) is 10.8 Å². The van der Waals surface area contributed by atoms with Gasteiger partial charge in [0.1, 0.15) is 5.82 Å². The van der Waals surface area contributed by atoms with Gasteiger partial charge in [0.25, 0.3) is 0 Å². The van der Waals surface area contributed by atoms with Crippen LogP contribution in [-0.4, -0.2) is 24.8 Å². The van der Waals surface area contributed by atoms with Crippen molar-refractivity contribution in [1.82, 2.24) is 0 Å². The molecule has 0 radical (unpaired) electrons. The second-order valence-corrected chi connectivity index (χ2v) is 3.92. The molecule has 1 rings (SSSR count). The smallest absolute Gasteiger partial charge is 0.146 e. The largest absolute Gasteiger partial charge is 0.395 e. The molecule has 0 aliphatic heterocycles. The van der Waals surface area contributed by atoms with E-state index in [2.05, 4.69) is 6.58 Å². The second-order valence-electron chi connectivity index (χ2n) is 3.92. The number of nitrogens with zero attached hydrogens (tertiary/aromatic N) is 1. The molecular weight excluding hydrogens is 219 g/mol. The lowest BCUT2D eigenvalue weighted by molar-refractivity contribution is 0.302. The van der Waals surface area contributed by atoms with Gasteiger partial charge in [-0.05, 0) is 18.6 Å². The minimum Gasteiger partial charge on any atom is -0.395 e. The molecule has 0 fully saturated rings. The van der Waals surface area contributed by atoms with Crippen LogP contribution in [0.25, 0.3) is 0 Å². The van der Waals surface area contributed by atoms with E-state index in [1.807, 2.05) is 6.92 Å². The number of nitrogens with two attached hydrogens (primary N) is 1. The van der Waals surface area contributed by atoms with E-state index in [1.165, 1.54) is 6.07 Å². The van der Waals surface area contributed by atoms with Gasteiger partial charge in [-0.1, -0.05) is 18.2 Å². The van der Waals surface area contributed by atoms with Crippen molar-refractivity contribution < 1.29 is 9.50 Å². The fraction of sp³-hybridized carbons (Fsp3) is 0.385. The lowest BCUT2D eigenvalue weighted by Gasteiger charge is -2.26. The van der Waals surface area contributed by atoms with Crippen LogP contribution in [0.3, 0.4) is 0 Å². The summed E-state index contributed by atoms with van der Waals surface area (Å²) >= 11 is 0. The Hall–Kier alpha value is -1.39. The molecular formula is C13H19FN2O. The van der Waals surface area contributed by atoms with Crippen LogP contribution in [0.4, 0.5) is 10.1 Å². The molecule has 1 atom stereocenters. The maximum absolute atomic E-state index is 13.9. The van der Waals surface area contributed by atoms with E-state index < -0.39 is 0 Å². The molecule has 0 aliphatic carbocycles. The van der Waals surface area contributed by atoms with E-state index in [9.17, 15) is 4.39 Å². The van der Waals surface area contributed by atoms with Crippen molar-refractivity contribution >= 4 is 5.69 Å². The van der Waals surface area contributed by atoms with Crippen molar-refractivity contribution in [2.45, 2.75) is 13.0 Å². The van der Waals surface area contributed by atoms with Gasteiger partial charge in [0.15, 0.2) is 0 Å². The van der Waals surface area contributed by atoms with Crippen molar-refractivity contribution in [3.8, 4) is 0 Å². The standard InChI is InChI=1S/C13H19FN2O/c1-3-7-16(8-9-17)13-11(10(2)15)5-4-6-12(13)14/h3-6,10,17H,1,7-9,15H2,2H3/t10-/m1/s1. The first-order chi connectivity index (χ1) is 8.11.